The van der Waals surface area contributed by atoms with Gasteiger partial charge in [-0.25, -0.2) is 0 Å². The van der Waals surface area contributed by atoms with E-state index in [2.05, 4.69) is 11.8 Å². The fourth-order valence-electron chi connectivity index (χ4n) is 0.634. The molecule has 0 aromatic carbocycles. The molecule has 0 atom stereocenters. The van der Waals surface area contributed by atoms with Crippen molar-refractivity contribution in [2.45, 2.75) is 19.8 Å². The standard InChI is InChI=1S/C4H6N2.C4H8O.3Li.2H2N/c1-4(6)2-3-5;1-2-4-5-3-1;;;;;/h2H,6H2,1H3;1-4H2;;;;2*1H2/q;;3*+1;2*-1/p+2. The predicted molar refractivity (Wildman–Crippen MR) is 52.1 cm³/mol. The maximum Gasteiger partial charge on any atom is 1.00 e. The van der Waals surface area contributed by atoms with Crippen molar-refractivity contribution in [1.82, 2.24) is 0 Å². The number of hydrogen-bond donors (Lipinski definition) is 2. The van der Waals surface area contributed by atoms with E-state index < -0.39 is 0 Å². The van der Waals surface area contributed by atoms with Crippen LogP contribution < -0.4 is 67.6 Å². The van der Waals surface area contributed by atoms with Crippen LogP contribution in [0.4, 0.5) is 0 Å². The normalized spacial score (nSPS) is 11.4. The van der Waals surface area contributed by atoms with E-state index in [0.29, 0.717) is 0 Å². The maximum absolute atomic E-state index is 6.37. The van der Waals surface area contributed by atoms with Crippen LogP contribution in [0.15, 0.2) is 11.8 Å². The first-order valence-electron chi connectivity index (χ1n) is 3.76. The second kappa shape index (κ2) is 29.7. The van der Waals surface area contributed by atoms with E-state index in [1.165, 1.54) is 18.9 Å². The van der Waals surface area contributed by atoms with Crippen molar-refractivity contribution in [3.8, 4) is 6.07 Å². The summed E-state index contributed by atoms with van der Waals surface area (Å²) in [4.78, 5) is 0. The maximum atomic E-state index is 6.37. The van der Waals surface area contributed by atoms with Crippen molar-refractivity contribution in [3.05, 3.63) is 24.1 Å². The van der Waals surface area contributed by atoms with E-state index in [1.54, 1.807) is 0 Å². The Morgan fingerprint density at radius 1 is 1.19 bits per heavy atom. The first-order valence-corrected chi connectivity index (χ1v) is 3.76. The van der Waals surface area contributed by atoms with Gasteiger partial charge in [-0.05, 0) is 12.8 Å². The van der Waals surface area contributed by atoms with E-state index in [9.17, 15) is 0 Å². The van der Waals surface area contributed by atoms with E-state index in [0.717, 1.165) is 18.9 Å². The summed E-state index contributed by atoms with van der Waals surface area (Å²) < 4.78 is 4.94. The molecular weight excluding hydrogens is 189 g/mol. The molecule has 16 heavy (non-hydrogen) atoms. The number of nitrogens with two attached hydrogens (primary N) is 2. The molecule has 0 aromatic heterocycles. The van der Waals surface area contributed by atoms with Gasteiger partial charge < -0.3 is 22.8 Å². The van der Waals surface area contributed by atoms with Gasteiger partial charge in [-0.2, -0.15) is 0 Å². The summed E-state index contributed by atoms with van der Waals surface area (Å²) in [5.41, 5.74) is 4.37. The van der Waals surface area contributed by atoms with Crippen LogP contribution in [-0.2, 0) is 4.74 Å². The molecule has 1 rings (SSSR count). The Morgan fingerprint density at radius 2 is 1.56 bits per heavy atom. The third-order valence-corrected chi connectivity index (χ3v) is 1.15. The van der Waals surface area contributed by atoms with Crippen molar-refractivity contribution in [3.63, 3.8) is 0 Å². The number of allylic oxidation sites excluding steroid dienone is 2. The molecule has 0 saturated carbocycles. The topological polar surface area (TPSA) is 128 Å². The van der Waals surface area contributed by atoms with Crippen molar-refractivity contribution in [1.29, 1.82) is 0 Å². The molecule has 0 aromatic rings. The molecule has 0 radical (unpaired) electrons. The molecule has 0 spiro atoms. The van der Waals surface area contributed by atoms with Crippen LogP contribution in [0, 0.1) is 6.07 Å². The summed E-state index contributed by atoms with van der Waals surface area (Å²) in [6.07, 6.45) is 4.07. The average Bonchev–Trinajstić information content (AvgIpc) is 2.41. The minimum absolute atomic E-state index is 0. The molecule has 0 unspecified atom stereocenters. The molecule has 5 nitrogen and oxygen atoms in total. The summed E-state index contributed by atoms with van der Waals surface area (Å²) in [6.45, 7) is 3.82. The number of hydrogen-bond acceptors (Lipinski definition) is 1. The Morgan fingerprint density at radius 3 is 1.62 bits per heavy atom. The number of quaternary nitrogens is 1. The van der Waals surface area contributed by atoms with Gasteiger partial charge in [0.1, 0.15) is 11.8 Å². The Kier molecular flexibility index (Phi) is 66.7. The molecule has 8 heteroatoms. The second-order valence-corrected chi connectivity index (χ2v) is 2.45. The third kappa shape index (κ3) is 36.4. The van der Waals surface area contributed by atoms with Crippen LogP contribution in [-0.4, -0.2) is 13.2 Å². The van der Waals surface area contributed by atoms with Crippen LogP contribution in [0.1, 0.15) is 19.8 Å². The third-order valence-electron chi connectivity index (χ3n) is 1.15. The van der Waals surface area contributed by atoms with E-state index in [1.807, 2.05) is 6.92 Å². The minimum atomic E-state index is 0. The zero-order chi connectivity index (χ0) is 8.53. The molecule has 1 saturated heterocycles. The van der Waals surface area contributed by atoms with Crippen LogP contribution in [0.3, 0.4) is 0 Å². The van der Waals surface area contributed by atoms with E-state index in [-0.39, 0.29) is 68.9 Å². The first-order chi connectivity index (χ1) is 5.27. The van der Waals surface area contributed by atoms with Gasteiger partial charge in [0.2, 0.25) is 0 Å². The molecule has 0 bridgehead atoms. The Labute approximate surface area is 135 Å². The Hall–Kier alpha value is 0.862. The van der Waals surface area contributed by atoms with Gasteiger partial charge in [0.05, 0.1) is 0 Å². The number of ether oxygens (including phenoxy) is 1. The molecule has 8 N–H and O–H groups in total. The van der Waals surface area contributed by atoms with Crippen molar-refractivity contribution < 1.29 is 72.3 Å². The molecule has 1 aliphatic rings. The largest absolute Gasteiger partial charge is 1.00 e. The Balaban J connectivity index is -0.0000000239. The smallest absolute Gasteiger partial charge is 0.693 e. The van der Waals surface area contributed by atoms with Crippen molar-refractivity contribution >= 4 is 0 Å². The quantitative estimate of drug-likeness (QED) is 0.298. The zero-order valence-electron chi connectivity index (χ0n) is 11.2. The molecule has 0 amide bonds. The van der Waals surface area contributed by atoms with Crippen LogP contribution >= 0.6 is 0 Å². The summed E-state index contributed by atoms with van der Waals surface area (Å²) in [7, 11) is 0. The summed E-state index contributed by atoms with van der Waals surface area (Å²) in [5.74, 6) is 0. The number of rotatable bonds is 0. The van der Waals surface area contributed by atoms with Gasteiger partial charge in [-0.1, -0.05) is 5.26 Å². The molecular formula is C8H20Li3N4O+3. The van der Waals surface area contributed by atoms with Gasteiger partial charge in [0, 0.05) is 20.1 Å². The summed E-state index contributed by atoms with van der Waals surface area (Å²) >= 11 is 0. The monoisotopic (exact) mass is 209 g/mol. The summed E-state index contributed by atoms with van der Waals surface area (Å²) in [5, 5.41) is 6.37. The van der Waals surface area contributed by atoms with Gasteiger partial charge in [-0.3, -0.25) is 0 Å². The predicted octanol–water partition coefficient (Wildman–Crippen LogP) is -8.85. The van der Waals surface area contributed by atoms with Crippen molar-refractivity contribution in [2.75, 3.05) is 13.2 Å². The second-order valence-electron chi connectivity index (χ2n) is 2.45. The van der Waals surface area contributed by atoms with Crippen LogP contribution in [0.2, 0.25) is 0 Å². The van der Waals surface area contributed by atoms with E-state index >= 15 is 0 Å². The summed E-state index contributed by atoms with van der Waals surface area (Å²) in [6, 6.07) is 2.09. The number of nitrogens with one attached hydrogen (secondary N) is 1. The van der Waals surface area contributed by atoms with Gasteiger partial charge in [0.25, 0.3) is 0 Å². The first kappa shape index (κ1) is 36.0. The zero-order valence-corrected chi connectivity index (χ0v) is 11.2. The molecule has 1 fully saturated rings. The molecule has 1 aliphatic heterocycles. The Bertz CT molecular complexity index is 158. The van der Waals surface area contributed by atoms with Crippen LogP contribution in [0.5, 0.6) is 0 Å². The average molecular weight is 209 g/mol. The molecule has 1 heterocycles. The van der Waals surface area contributed by atoms with Gasteiger partial charge >= 0.3 is 62.7 Å². The van der Waals surface area contributed by atoms with Gasteiger partial charge in [0.15, 0.2) is 0 Å². The molecule has 0 aliphatic carbocycles. The molecule has 78 valence electrons. The van der Waals surface area contributed by atoms with E-state index in [4.69, 9.17) is 10.00 Å². The fraction of sp³-hybridized carbons (Fsp3) is 0.625. The minimum Gasteiger partial charge on any atom is -0.693 e. The van der Waals surface area contributed by atoms with Crippen molar-refractivity contribution in [2.24, 2.45) is 0 Å². The van der Waals surface area contributed by atoms with Gasteiger partial charge in [-0.15, -0.1) is 0 Å². The van der Waals surface area contributed by atoms with Crippen LogP contribution in [0.25, 0.3) is 12.3 Å². The SMILES string of the molecule is C1CCOC1.CC([NH3+])=CC#[NH+].[Li+].[Li+].[Li+].[NH2-].[NH2-]. The fourth-order valence-corrected chi connectivity index (χ4v) is 0.634.